The molecule has 0 bridgehead atoms. The van der Waals surface area contributed by atoms with Crippen molar-refractivity contribution in [3.05, 3.63) is 28.5 Å². The van der Waals surface area contributed by atoms with Crippen LogP contribution in [-0.4, -0.2) is 18.3 Å². The van der Waals surface area contributed by atoms with Gasteiger partial charge in [0.2, 0.25) is 0 Å². The standard InChI is InChI=1S/C11H12ClFO2S/c1-3-15-11(14)6-16-10-4-7(2)9(13)5-8(10)12/h4-5H,3,6H2,1-2H3. The first-order valence-electron chi connectivity index (χ1n) is 4.78. The lowest BCUT2D eigenvalue weighted by Gasteiger charge is -2.06. The third-order valence-electron chi connectivity index (χ3n) is 1.86. The van der Waals surface area contributed by atoms with E-state index in [2.05, 4.69) is 0 Å². The average molecular weight is 263 g/mol. The van der Waals surface area contributed by atoms with Crippen LogP contribution in [0.15, 0.2) is 17.0 Å². The second-order valence-electron chi connectivity index (χ2n) is 3.13. The van der Waals surface area contributed by atoms with Crippen molar-refractivity contribution in [3.8, 4) is 0 Å². The van der Waals surface area contributed by atoms with Gasteiger partial charge in [-0.15, -0.1) is 11.8 Å². The summed E-state index contributed by atoms with van der Waals surface area (Å²) in [5.74, 6) is -0.463. The first-order chi connectivity index (χ1) is 7.54. The molecule has 5 heteroatoms. The molecule has 0 aliphatic carbocycles. The largest absolute Gasteiger partial charge is 0.465 e. The number of rotatable bonds is 4. The van der Waals surface area contributed by atoms with Crippen molar-refractivity contribution in [2.75, 3.05) is 12.4 Å². The van der Waals surface area contributed by atoms with Gasteiger partial charge in [-0.2, -0.15) is 0 Å². The molecule has 0 aromatic heterocycles. The Bertz CT molecular complexity index is 396. The summed E-state index contributed by atoms with van der Waals surface area (Å²) in [5.41, 5.74) is 0.510. The second kappa shape index (κ2) is 6.11. The third-order valence-corrected chi connectivity index (χ3v) is 3.32. The molecule has 0 saturated carbocycles. The van der Waals surface area contributed by atoms with E-state index in [1.54, 1.807) is 19.9 Å². The lowest BCUT2D eigenvalue weighted by Crippen LogP contribution is -2.06. The number of esters is 1. The SMILES string of the molecule is CCOC(=O)CSc1cc(C)c(F)cc1Cl. The zero-order valence-corrected chi connectivity index (χ0v) is 10.6. The summed E-state index contributed by atoms with van der Waals surface area (Å²) in [6.45, 7) is 3.76. The molecule has 0 radical (unpaired) electrons. The minimum absolute atomic E-state index is 0.179. The van der Waals surface area contributed by atoms with Crippen molar-refractivity contribution in [1.29, 1.82) is 0 Å². The molecule has 0 fully saturated rings. The van der Waals surface area contributed by atoms with Crippen molar-refractivity contribution in [2.45, 2.75) is 18.7 Å². The molecule has 1 aromatic rings. The molecular formula is C11H12ClFO2S. The summed E-state index contributed by atoms with van der Waals surface area (Å²) in [7, 11) is 0. The molecular weight excluding hydrogens is 251 g/mol. The number of hydrogen-bond acceptors (Lipinski definition) is 3. The van der Waals surface area contributed by atoms with Gasteiger partial charge >= 0.3 is 5.97 Å². The summed E-state index contributed by atoms with van der Waals surface area (Å²) in [6.07, 6.45) is 0. The minimum Gasteiger partial charge on any atom is -0.465 e. The van der Waals surface area contributed by atoms with Gasteiger partial charge in [0.1, 0.15) is 5.82 Å². The molecule has 0 heterocycles. The Morgan fingerprint density at radius 3 is 2.88 bits per heavy atom. The molecule has 0 atom stereocenters. The Kier molecular flexibility index (Phi) is 5.09. The Labute approximate surface area is 103 Å². The monoisotopic (exact) mass is 262 g/mol. The first-order valence-corrected chi connectivity index (χ1v) is 6.15. The molecule has 0 N–H and O–H groups in total. The van der Waals surface area contributed by atoms with Crippen molar-refractivity contribution >= 4 is 29.3 Å². The van der Waals surface area contributed by atoms with Gasteiger partial charge in [0.15, 0.2) is 0 Å². The summed E-state index contributed by atoms with van der Waals surface area (Å²) >= 11 is 7.09. The lowest BCUT2D eigenvalue weighted by atomic mass is 10.2. The van der Waals surface area contributed by atoms with E-state index in [4.69, 9.17) is 16.3 Å². The van der Waals surface area contributed by atoms with E-state index in [9.17, 15) is 9.18 Å². The van der Waals surface area contributed by atoms with E-state index in [0.29, 0.717) is 22.1 Å². The highest BCUT2D eigenvalue weighted by molar-refractivity contribution is 8.00. The van der Waals surface area contributed by atoms with Crippen LogP contribution in [0.3, 0.4) is 0 Å². The van der Waals surface area contributed by atoms with Gasteiger partial charge in [-0.3, -0.25) is 4.79 Å². The third kappa shape index (κ3) is 3.68. The maximum absolute atomic E-state index is 13.1. The van der Waals surface area contributed by atoms with Crippen molar-refractivity contribution in [2.24, 2.45) is 0 Å². The fraction of sp³-hybridized carbons (Fsp3) is 0.364. The molecule has 0 aliphatic rings. The van der Waals surface area contributed by atoms with Crippen LogP contribution in [-0.2, 0) is 9.53 Å². The van der Waals surface area contributed by atoms with Gasteiger partial charge in [-0.05, 0) is 31.5 Å². The highest BCUT2D eigenvalue weighted by Gasteiger charge is 2.09. The molecule has 1 rings (SSSR count). The molecule has 1 aromatic carbocycles. The number of thioether (sulfide) groups is 1. The second-order valence-corrected chi connectivity index (χ2v) is 4.55. The molecule has 88 valence electrons. The predicted molar refractivity (Wildman–Crippen MR) is 63.5 cm³/mol. The van der Waals surface area contributed by atoms with Gasteiger partial charge in [0.05, 0.1) is 17.4 Å². The summed E-state index contributed by atoms with van der Waals surface area (Å²) in [4.78, 5) is 11.8. The van der Waals surface area contributed by atoms with E-state index >= 15 is 0 Å². The molecule has 0 aliphatic heterocycles. The number of halogens is 2. The van der Waals surface area contributed by atoms with Crippen LogP contribution in [0.1, 0.15) is 12.5 Å². The van der Waals surface area contributed by atoms with Gasteiger partial charge in [0.25, 0.3) is 0 Å². The molecule has 0 amide bonds. The fourth-order valence-electron chi connectivity index (χ4n) is 1.08. The molecule has 2 nitrogen and oxygen atoms in total. The minimum atomic E-state index is -0.342. The van der Waals surface area contributed by atoms with E-state index in [0.717, 1.165) is 0 Å². The predicted octanol–water partition coefficient (Wildman–Crippen LogP) is 3.44. The van der Waals surface area contributed by atoms with E-state index < -0.39 is 0 Å². The molecule has 0 spiro atoms. The van der Waals surface area contributed by atoms with Crippen molar-refractivity contribution < 1.29 is 13.9 Å². The normalized spacial score (nSPS) is 10.2. The lowest BCUT2D eigenvalue weighted by molar-refractivity contribution is -0.139. The van der Waals surface area contributed by atoms with Crippen molar-refractivity contribution in [1.82, 2.24) is 0 Å². The Balaban J connectivity index is 2.67. The topological polar surface area (TPSA) is 26.3 Å². The van der Waals surface area contributed by atoms with Crippen LogP contribution < -0.4 is 0 Å². The van der Waals surface area contributed by atoms with E-state index in [1.165, 1.54) is 17.8 Å². The zero-order chi connectivity index (χ0) is 12.1. The maximum Gasteiger partial charge on any atom is 0.316 e. The number of carbonyl (C=O) groups is 1. The Morgan fingerprint density at radius 1 is 1.56 bits per heavy atom. The van der Waals surface area contributed by atoms with Gasteiger partial charge in [-0.1, -0.05) is 11.6 Å². The maximum atomic E-state index is 13.1. The van der Waals surface area contributed by atoms with Crippen LogP contribution in [0, 0.1) is 12.7 Å². The quantitative estimate of drug-likeness (QED) is 0.614. The highest BCUT2D eigenvalue weighted by atomic mass is 35.5. The zero-order valence-electron chi connectivity index (χ0n) is 9.05. The van der Waals surface area contributed by atoms with E-state index in [1.807, 2.05) is 0 Å². The van der Waals surface area contributed by atoms with E-state index in [-0.39, 0.29) is 17.5 Å². The van der Waals surface area contributed by atoms with Crippen LogP contribution in [0.2, 0.25) is 5.02 Å². The number of ether oxygens (including phenoxy) is 1. The van der Waals surface area contributed by atoms with Crippen LogP contribution in [0.4, 0.5) is 4.39 Å². The summed E-state index contributed by atoms with van der Waals surface area (Å²) < 4.78 is 17.9. The number of aryl methyl sites for hydroxylation is 1. The van der Waals surface area contributed by atoms with Crippen LogP contribution in [0.5, 0.6) is 0 Å². The fourth-order valence-corrected chi connectivity index (χ4v) is 2.21. The summed E-state index contributed by atoms with van der Waals surface area (Å²) in [5, 5.41) is 0.317. The van der Waals surface area contributed by atoms with Crippen molar-refractivity contribution in [3.63, 3.8) is 0 Å². The molecule has 0 unspecified atom stereocenters. The Morgan fingerprint density at radius 2 is 2.25 bits per heavy atom. The number of hydrogen-bond donors (Lipinski definition) is 0. The van der Waals surface area contributed by atoms with Gasteiger partial charge in [-0.25, -0.2) is 4.39 Å². The van der Waals surface area contributed by atoms with Gasteiger partial charge < -0.3 is 4.74 Å². The Hall–Kier alpha value is -0.740. The molecule has 0 saturated heterocycles. The van der Waals surface area contributed by atoms with Crippen LogP contribution >= 0.6 is 23.4 Å². The smallest absolute Gasteiger partial charge is 0.316 e. The first kappa shape index (κ1) is 13.3. The number of carbonyl (C=O) groups excluding carboxylic acids is 1. The molecule has 16 heavy (non-hydrogen) atoms. The van der Waals surface area contributed by atoms with Crippen LogP contribution in [0.25, 0.3) is 0 Å². The number of benzene rings is 1. The average Bonchev–Trinajstić information content (AvgIpc) is 2.22. The van der Waals surface area contributed by atoms with Gasteiger partial charge in [0, 0.05) is 4.90 Å². The highest BCUT2D eigenvalue weighted by Crippen LogP contribution is 2.29. The summed E-state index contributed by atoms with van der Waals surface area (Å²) in [6, 6.07) is 2.88.